The third-order valence-electron chi connectivity index (χ3n) is 6.30. The maximum absolute atomic E-state index is 14.6. The fourth-order valence-electron chi connectivity index (χ4n) is 4.79. The highest BCUT2D eigenvalue weighted by Crippen LogP contribution is 2.50. The summed E-state index contributed by atoms with van der Waals surface area (Å²) in [6.07, 6.45) is 2.05. The van der Waals surface area contributed by atoms with Crippen LogP contribution >= 0.6 is 0 Å². The largest absolute Gasteiger partial charge is 0.450 e. The Labute approximate surface area is 197 Å². The SMILES string of the molecule is CC1=Cc2c(cc(C(C)C)c(Oc3c(F)c(F)c(F)c(F)c3F)c2-c2ccccc2)C1[SiH](C)C. The molecule has 1 aliphatic rings. The van der Waals surface area contributed by atoms with E-state index in [0.29, 0.717) is 11.1 Å². The molecule has 178 valence electrons. The van der Waals surface area contributed by atoms with Crippen molar-refractivity contribution in [2.24, 2.45) is 0 Å². The second-order valence-electron chi connectivity index (χ2n) is 9.30. The van der Waals surface area contributed by atoms with Crippen molar-refractivity contribution in [2.75, 3.05) is 0 Å². The van der Waals surface area contributed by atoms with Gasteiger partial charge in [0.2, 0.25) is 34.8 Å². The highest BCUT2D eigenvalue weighted by Gasteiger charge is 2.34. The van der Waals surface area contributed by atoms with Crippen LogP contribution in [0.4, 0.5) is 22.0 Å². The van der Waals surface area contributed by atoms with Crippen molar-refractivity contribution in [3.63, 3.8) is 0 Å². The van der Waals surface area contributed by atoms with E-state index in [0.717, 1.165) is 16.7 Å². The summed E-state index contributed by atoms with van der Waals surface area (Å²) in [5.41, 5.74) is 5.40. The van der Waals surface area contributed by atoms with Crippen LogP contribution in [0.1, 0.15) is 48.9 Å². The van der Waals surface area contributed by atoms with Gasteiger partial charge >= 0.3 is 0 Å². The fourth-order valence-corrected chi connectivity index (χ4v) is 6.93. The van der Waals surface area contributed by atoms with E-state index in [4.69, 9.17) is 4.74 Å². The molecule has 1 atom stereocenters. The van der Waals surface area contributed by atoms with Gasteiger partial charge in [0.15, 0.2) is 0 Å². The monoisotopic (exact) mass is 488 g/mol. The number of hydrogen-bond donors (Lipinski definition) is 0. The van der Waals surface area contributed by atoms with Gasteiger partial charge in [-0.15, -0.1) is 0 Å². The Bertz CT molecular complexity index is 1270. The van der Waals surface area contributed by atoms with Crippen LogP contribution in [0.2, 0.25) is 13.1 Å². The van der Waals surface area contributed by atoms with Gasteiger partial charge in [0.1, 0.15) is 5.75 Å². The minimum Gasteiger partial charge on any atom is -0.450 e. The lowest BCUT2D eigenvalue weighted by atomic mass is 9.89. The highest BCUT2D eigenvalue weighted by atomic mass is 28.3. The Morgan fingerprint density at radius 1 is 0.824 bits per heavy atom. The minimum absolute atomic E-state index is 0.0956. The van der Waals surface area contributed by atoms with Crippen molar-refractivity contribution in [3.8, 4) is 22.6 Å². The molecule has 3 aromatic rings. The number of fused-ring (bicyclic) bond motifs is 1. The molecule has 7 heteroatoms. The summed E-state index contributed by atoms with van der Waals surface area (Å²) in [4.78, 5) is 0. The second-order valence-corrected chi connectivity index (χ2v) is 12.5. The predicted molar refractivity (Wildman–Crippen MR) is 128 cm³/mol. The van der Waals surface area contributed by atoms with Crippen LogP contribution in [0.5, 0.6) is 11.5 Å². The summed E-state index contributed by atoms with van der Waals surface area (Å²) in [7, 11) is -1.17. The van der Waals surface area contributed by atoms with Crippen LogP contribution in [0, 0.1) is 29.1 Å². The summed E-state index contributed by atoms with van der Waals surface area (Å²) in [6, 6.07) is 11.1. The molecule has 0 bridgehead atoms. The molecular formula is C27H25F5OSi. The Hall–Kier alpha value is -2.93. The quantitative estimate of drug-likeness (QED) is 0.151. The van der Waals surface area contributed by atoms with Crippen LogP contribution in [0.25, 0.3) is 17.2 Å². The van der Waals surface area contributed by atoms with Gasteiger partial charge in [0, 0.05) is 14.4 Å². The highest BCUT2D eigenvalue weighted by molar-refractivity contribution is 6.58. The fraction of sp³-hybridized carbons (Fsp3) is 0.259. The van der Waals surface area contributed by atoms with Gasteiger partial charge in [-0.25, -0.2) is 13.2 Å². The van der Waals surface area contributed by atoms with Gasteiger partial charge in [0.05, 0.1) is 0 Å². The molecule has 1 unspecified atom stereocenters. The molecule has 34 heavy (non-hydrogen) atoms. The summed E-state index contributed by atoms with van der Waals surface area (Å²) < 4.78 is 76.4. The topological polar surface area (TPSA) is 9.23 Å². The Kier molecular flexibility index (Phi) is 6.42. The third kappa shape index (κ3) is 3.86. The second kappa shape index (κ2) is 9.02. The van der Waals surface area contributed by atoms with Crippen molar-refractivity contribution in [1.82, 2.24) is 0 Å². The first kappa shape index (κ1) is 24.2. The number of halogens is 5. The lowest BCUT2D eigenvalue weighted by molar-refractivity contribution is 0.331. The van der Waals surface area contributed by atoms with Gasteiger partial charge in [0.25, 0.3) is 0 Å². The standard InChI is InChI=1S/C27H25F5OSi/c1-13(2)16-12-18-17(11-14(3)27(18)34(4)5)19(15-9-7-6-8-10-15)25(16)33-26-23(31)21(29)20(28)22(30)24(26)32/h6-13,27,34H,1-5H3. The first-order chi connectivity index (χ1) is 16.0. The van der Waals surface area contributed by atoms with E-state index in [-0.39, 0.29) is 17.2 Å². The van der Waals surface area contributed by atoms with Gasteiger partial charge in [-0.05, 0) is 40.6 Å². The number of ether oxygens (including phenoxy) is 1. The van der Waals surface area contributed by atoms with E-state index < -0.39 is 43.6 Å². The molecular weight excluding hydrogens is 463 g/mol. The number of hydrogen-bond acceptors (Lipinski definition) is 1. The molecule has 1 aliphatic carbocycles. The van der Waals surface area contributed by atoms with E-state index in [2.05, 4.69) is 20.0 Å². The van der Waals surface area contributed by atoms with E-state index in [1.165, 1.54) is 5.57 Å². The molecule has 0 saturated carbocycles. The summed E-state index contributed by atoms with van der Waals surface area (Å²) in [5.74, 6) is -11.6. The van der Waals surface area contributed by atoms with Gasteiger partial charge < -0.3 is 4.74 Å². The molecule has 0 aromatic heterocycles. The van der Waals surface area contributed by atoms with Crippen molar-refractivity contribution in [3.05, 3.63) is 87.7 Å². The number of allylic oxidation sites excluding steroid dienone is 1. The van der Waals surface area contributed by atoms with Crippen LogP contribution in [-0.2, 0) is 0 Å². The van der Waals surface area contributed by atoms with Crippen LogP contribution in [-0.4, -0.2) is 8.80 Å². The predicted octanol–water partition coefficient (Wildman–Crippen LogP) is 8.49. The number of benzene rings is 3. The molecule has 4 rings (SSSR count). The summed E-state index contributed by atoms with van der Waals surface area (Å²) in [6.45, 7) is 10.4. The summed E-state index contributed by atoms with van der Waals surface area (Å²) >= 11 is 0. The Morgan fingerprint density at radius 2 is 1.38 bits per heavy atom. The lowest BCUT2D eigenvalue weighted by Gasteiger charge is -2.25. The van der Waals surface area contributed by atoms with E-state index in [1.807, 2.05) is 56.3 Å². The van der Waals surface area contributed by atoms with E-state index in [1.54, 1.807) is 0 Å². The van der Waals surface area contributed by atoms with E-state index >= 15 is 0 Å². The zero-order chi connectivity index (χ0) is 24.9. The first-order valence-electron chi connectivity index (χ1n) is 11.2. The first-order valence-corrected chi connectivity index (χ1v) is 14.2. The average molecular weight is 489 g/mol. The van der Waals surface area contributed by atoms with Crippen molar-refractivity contribution in [2.45, 2.75) is 45.3 Å². The van der Waals surface area contributed by atoms with Gasteiger partial charge in [-0.3, -0.25) is 0 Å². The molecule has 0 fully saturated rings. The average Bonchev–Trinajstić information content (AvgIpc) is 3.14. The summed E-state index contributed by atoms with van der Waals surface area (Å²) in [5, 5.41) is 0. The minimum atomic E-state index is -2.22. The maximum atomic E-state index is 14.6. The van der Waals surface area contributed by atoms with Crippen LogP contribution in [0.15, 0.2) is 42.0 Å². The molecule has 3 aromatic carbocycles. The van der Waals surface area contributed by atoms with Crippen molar-refractivity contribution < 1.29 is 26.7 Å². The smallest absolute Gasteiger partial charge is 0.207 e. The molecule has 0 heterocycles. The zero-order valence-electron chi connectivity index (χ0n) is 19.6. The van der Waals surface area contributed by atoms with Crippen LogP contribution < -0.4 is 4.74 Å². The zero-order valence-corrected chi connectivity index (χ0v) is 20.7. The maximum Gasteiger partial charge on any atom is 0.207 e. The molecule has 0 radical (unpaired) electrons. The Balaban J connectivity index is 2.08. The third-order valence-corrected chi connectivity index (χ3v) is 8.52. The van der Waals surface area contributed by atoms with Crippen molar-refractivity contribution in [1.29, 1.82) is 0 Å². The molecule has 0 spiro atoms. The Morgan fingerprint density at radius 3 is 1.91 bits per heavy atom. The lowest BCUT2D eigenvalue weighted by Crippen LogP contribution is -2.16. The van der Waals surface area contributed by atoms with Crippen molar-refractivity contribution >= 4 is 14.9 Å². The van der Waals surface area contributed by atoms with E-state index in [9.17, 15) is 22.0 Å². The molecule has 0 aliphatic heterocycles. The molecule has 1 nitrogen and oxygen atoms in total. The normalized spacial score (nSPS) is 15.2. The van der Waals surface area contributed by atoms with Crippen LogP contribution in [0.3, 0.4) is 0 Å². The molecule has 0 saturated heterocycles. The van der Waals surface area contributed by atoms with Gasteiger partial charge in [-0.2, -0.15) is 8.78 Å². The number of rotatable bonds is 5. The molecule has 0 N–H and O–H groups in total. The van der Waals surface area contributed by atoms with Gasteiger partial charge in [-0.1, -0.05) is 75.0 Å². The molecule has 0 amide bonds.